The first kappa shape index (κ1) is 13.8. The smallest absolute Gasteiger partial charge is 0.234 e. The number of amides is 1. The van der Waals surface area contributed by atoms with E-state index in [1.807, 2.05) is 6.92 Å². The highest BCUT2D eigenvalue weighted by Crippen LogP contribution is 2.01. The molecule has 0 spiro atoms. The summed E-state index contributed by atoms with van der Waals surface area (Å²) in [6, 6.07) is 0.280. The van der Waals surface area contributed by atoms with E-state index in [-0.39, 0.29) is 11.9 Å². The van der Waals surface area contributed by atoms with E-state index in [2.05, 4.69) is 30.7 Å². The Hall–Kier alpha value is -0.220. The average Bonchev–Trinajstić information content (AvgIpc) is 2.17. The maximum Gasteiger partial charge on any atom is 0.234 e. The van der Waals surface area contributed by atoms with E-state index in [1.54, 1.807) is 11.8 Å². The number of carbonyl (C=O) groups excluding carboxylic acids is 1. The molecule has 0 rings (SSSR count). The van der Waals surface area contributed by atoms with E-state index in [9.17, 15) is 4.79 Å². The lowest BCUT2D eigenvalue weighted by molar-refractivity contribution is -0.120. The minimum absolute atomic E-state index is 0.0904. The van der Waals surface area contributed by atoms with Crippen LogP contribution >= 0.6 is 11.8 Å². The van der Waals surface area contributed by atoms with Gasteiger partial charge in [-0.3, -0.25) is 4.79 Å². The van der Waals surface area contributed by atoms with E-state index >= 15 is 0 Å². The van der Waals surface area contributed by atoms with Gasteiger partial charge in [-0.25, -0.2) is 0 Å². The quantitative estimate of drug-likeness (QED) is 0.675. The molecule has 0 saturated carbocycles. The number of thioether (sulfide) groups is 1. The second-order valence-corrected chi connectivity index (χ2v) is 4.83. The highest BCUT2D eigenvalue weighted by atomic mass is 32.2. The minimum atomic E-state index is 0.0904. The van der Waals surface area contributed by atoms with Crippen molar-refractivity contribution in [2.45, 2.75) is 38.5 Å². The largest absolute Gasteiger partial charge is 0.353 e. The highest BCUT2D eigenvalue weighted by Gasteiger charge is 2.05. The maximum absolute atomic E-state index is 11.3. The Balaban J connectivity index is 3.44. The van der Waals surface area contributed by atoms with Gasteiger partial charge in [0.15, 0.2) is 0 Å². The summed E-state index contributed by atoms with van der Waals surface area (Å²) in [5, 5.41) is 6.61. The fourth-order valence-corrected chi connectivity index (χ4v) is 1.18. The van der Waals surface area contributed by atoms with Crippen molar-refractivity contribution in [2.24, 2.45) is 0 Å². The molecule has 84 valence electrons. The molecule has 0 saturated heterocycles. The van der Waals surface area contributed by atoms with Gasteiger partial charge in [-0.05, 0) is 19.6 Å². The third-order valence-electron chi connectivity index (χ3n) is 2.14. The van der Waals surface area contributed by atoms with Crippen molar-refractivity contribution in [1.29, 1.82) is 0 Å². The molecule has 2 atom stereocenters. The van der Waals surface area contributed by atoms with Crippen molar-refractivity contribution in [3.05, 3.63) is 0 Å². The number of hydrogen-bond acceptors (Lipinski definition) is 3. The van der Waals surface area contributed by atoms with Crippen molar-refractivity contribution in [1.82, 2.24) is 10.6 Å². The SMILES string of the molecule is CCC(C)NC(=O)CNCC(C)SC. The Morgan fingerprint density at radius 1 is 1.43 bits per heavy atom. The number of nitrogens with one attached hydrogen (secondary N) is 2. The van der Waals surface area contributed by atoms with Crippen LogP contribution in [0.5, 0.6) is 0 Å². The van der Waals surface area contributed by atoms with Gasteiger partial charge in [0.1, 0.15) is 0 Å². The first-order valence-corrected chi connectivity index (χ1v) is 6.41. The van der Waals surface area contributed by atoms with E-state index in [4.69, 9.17) is 0 Å². The van der Waals surface area contributed by atoms with Gasteiger partial charge in [-0.2, -0.15) is 11.8 Å². The lowest BCUT2D eigenvalue weighted by Crippen LogP contribution is -2.40. The predicted molar refractivity (Wildman–Crippen MR) is 63.7 cm³/mol. The summed E-state index contributed by atoms with van der Waals surface area (Å²) in [5.41, 5.74) is 0. The molecule has 0 aliphatic heterocycles. The van der Waals surface area contributed by atoms with Gasteiger partial charge < -0.3 is 10.6 Å². The van der Waals surface area contributed by atoms with Crippen LogP contribution in [0.25, 0.3) is 0 Å². The molecule has 4 heteroatoms. The molecule has 0 heterocycles. The van der Waals surface area contributed by atoms with Crippen molar-refractivity contribution in [3.8, 4) is 0 Å². The zero-order valence-corrected chi connectivity index (χ0v) is 10.4. The topological polar surface area (TPSA) is 41.1 Å². The zero-order chi connectivity index (χ0) is 11.0. The standard InChI is InChI=1S/C10H22N2OS/c1-5-8(2)12-10(13)7-11-6-9(3)14-4/h8-9,11H,5-7H2,1-4H3,(H,12,13). The van der Waals surface area contributed by atoms with Crippen molar-refractivity contribution < 1.29 is 4.79 Å². The van der Waals surface area contributed by atoms with E-state index in [0.717, 1.165) is 13.0 Å². The fourth-order valence-electron chi connectivity index (χ4n) is 0.900. The molecule has 0 bridgehead atoms. The summed E-state index contributed by atoms with van der Waals surface area (Å²) in [6.07, 6.45) is 3.05. The molecule has 2 unspecified atom stereocenters. The minimum Gasteiger partial charge on any atom is -0.353 e. The summed E-state index contributed by atoms with van der Waals surface area (Å²) in [7, 11) is 0. The van der Waals surface area contributed by atoms with Crippen molar-refractivity contribution >= 4 is 17.7 Å². The molecule has 0 aliphatic carbocycles. The molecular weight excluding hydrogens is 196 g/mol. The Morgan fingerprint density at radius 3 is 2.57 bits per heavy atom. The highest BCUT2D eigenvalue weighted by molar-refractivity contribution is 7.99. The number of hydrogen-bond donors (Lipinski definition) is 2. The molecule has 0 fully saturated rings. The fraction of sp³-hybridized carbons (Fsp3) is 0.900. The molecule has 3 nitrogen and oxygen atoms in total. The molecule has 0 radical (unpaired) electrons. The Bertz CT molecular complexity index is 164. The maximum atomic E-state index is 11.3. The molecule has 0 aromatic carbocycles. The van der Waals surface area contributed by atoms with Gasteiger partial charge in [-0.15, -0.1) is 0 Å². The normalized spacial score (nSPS) is 14.9. The molecule has 0 aliphatic rings. The zero-order valence-electron chi connectivity index (χ0n) is 9.59. The van der Waals surface area contributed by atoms with Gasteiger partial charge in [0.05, 0.1) is 6.54 Å². The first-order valence-electron chi connectivity index (χ1n) is 5.13. The lowest BCUT2D eigenvalue weighted by atomic mass is 10.2. The van der Waals surface area contributed by atoms with Gasteiger partial charge in [0.25, 0.3) is 0 Å². The second-order valence-electron chi connectivity index (χ2n) is 3.55. The molecule has 0 aromatic rings. The summed E-state index contributed by atoms with van der Waals surface area (Å²) in [4.78, 5) is 11.3. The summed E-state index contributed by atoms with van der Waals surface area (Å²) < 4.78 is 0. The second kappa shape index (κ2) is 8.12. The van der Waals surface area contributed by atoms with Crippen LogP contribution in [-0.4, -0.2) is 36.5 Å². The Kier molecular flexibility index (Phi) is 7.99. The van der Waals surface area contributed by atoms with Gasteiger partial charge in [0, 0.05) is 17.8 Å². The molecule has 1 amide bonds. The average molecular weight is 218 g/mol. The van der Waals surface area contributed by atoms with Crippen LogP contribution in [0.3, 0.4) is 0 Å². The van der Waals surface area contributed by atoms with Crippen LogP contribution < -0.4 is 10.6 Å². The number of rotatable bonds is 7. The van der Waals surface area contributed by atoms with E-state index in [1.165, 1.54) is 0 Å². The van der Waals surface area contributed by atoms with Crippen LogP contribution in [0, 0.1) is 0 Å². The van der Waals surface area contributed by atoms with Crippen molar-refractivity contribution in [2.75, 3.05) is 19.3 Å². The van der Waals surface area contributed by atoms with Crippen LogP contribution in [0.1, 0.15) is 27.2 Å². The van der Waals surface area contributed by atoms with Crippen LogP contribution in [-0.2, 0) is 4.79 Å². The molecular formula is C10H22N2OS. The first-order chi connectivity index (χ1) is 6.60. The molecule has 0 aromatic heterocycles. The lowest BCUT2D eigenvalue weighted by Gasteiger charge is -2.13. The monoisotopic (exact) mass is 218 g/mol. The molecule has 14 heavy (non-hydrogen) atoms. The Morgan fingerprint density at radius 2 is 2.07 bits per heavy atom. The summed E-state index contributed by atoms with van der Waals surface area (Å²) >= 11 is 1.80. The van der Waals surface area contributed by atoms with E-state index < -0.39 is 0 Å². The van der Waals surface area contributed by atoms with Crippen LogP contribution in [0.2, 0.25) is 0 Å². The number of carbonyl (C=O) groups is 1. The van der Waals surface area contributed by atoms with Gasteiger partial charge in [0.2, 0.25) is 5.91 Å². The van der Waals surface area contributed by atoms with Crippen molar-refractivity contribution in [3.63, 3.8) is 0 Å². The summed E-state index contributed by atoms with van der Waals surface area (Å²) in [6.45, 7) is 7.53. The predicted octanol–water partition coefficient (Wildman–Crippen LogP) is 1.24. The van der Waals surface area contributed by atoms with Crippen LogP contribution in [0.4, 0.5) is 0 Å². The Labute approximate surface area is 91.4 Å². The van der Waals surface area contributed by atoms with E-state index in [0.29, 0.717) is 11.8 Å². The third kappa shape index (κ3) is 7.21. The van der Waals surface area contributed by atoms with Gasteiger partial charge >= 0.3 is 0 Å². The van der Waals surface area contributed by atoms with Gasteiger partial charge in [-0.1, -0.05) is 13.8 Å². The van der Waals surface area contributed by atoms with Crippen LogP contribution in [0.15, 0.2) is 0 Å². The third-order valence-corrected chi connectivity index (χ3v) is 3.11. The molecule has 2 N–H and O–H groups in total. The summed E-state index contributed by atoms with van der Waals surface area (Å²) in [5.74, 6) is 0.0904.